The Bertz CT molecular complexity index is 852. The Morgan fingerprint density at radius 1 is 0.703 bits per heavy atom. The van der Waals surface area contributed by atoms with Crippen LogP contribution in [0, 0.1) is 0 Å². The zero-order chi connectivity index (χ0) is 28.1. The highest BCUT2D eigenvalue weighted by atomic mass is 31.2. The van der Waals surface area contributed by atoms with E-state index in [0.29, 0.717) is 12.6 Å². The number of aldehydes is 2. The normalized spacial score (nSPS) is 14.1. The molecule has 15 heteroatoms. The van der Waals surface area contributed by atoms with Crippen molar-refractivity contribution in [1.82, 2.24) is 0 Å². The first-order chi connectivity index (χ1) is 17.6. The molecule has 37 heavy (non-hydrogen) atoms. The van der Waals surface area contributed by atoms with E-state index in [4.69, 9.17) is 28.0 Å². The van der Waals surface area contributed by atoms with E-state index in [1.165, 1.54) is 0 Å². The average molecular weight is 546 g/mol. The largest absolute Gasteiger partial charge is 0.472 e. The van der Waals surface area contributed by atoms with Crippen LogP contribution in [0.3, 0.4) is 0 Å². The number of phosphoric acid groups is 1. The number of esters is 4. The highest BCUT2D eigenvalue weighted by molar-refractivity contribution is 7.47. The van der Waals surface area contributed by atoms with Crippen molar-refractivity contribution in [3.8, 4) is 0 Å². The molecule has 0 amide bonds. The Morgan fingerprint density at radius 2 is 1.08 bits per heavy atom. The van der Waals surface area contributed by atoms with Crippen molar-refractivity contribution < 1.29 is 66.2 Å². The summed E-state index contributed by atoms with van der Waals surface area (Å²) in [5, 5.41) is 0. The summed E-state index contributed by atoms with van der Waals surface area (Å²) in [6.07, 6.45) is 2.61. The number of phosphoric ester groups is 1. The number of carbonyl (C=O) groups is 6. The summed E-state index contributed by atoms with van der Waals surface area (Å²) in [6.45, 7) is 4.59. The summed E-state index contributed by atoms with van der Waals surface area (Å²) >= 11 is 0. The smallest absolute Gasteiger partial charge is 0.462 e. The van der Waals surface area contributed by atoms with Crippen molar-refractivity contribution in [2.75, 3.05) is 26.4 Å². The lowest BCUT2D eigenvalue weighted by atomic mass is 10.3. The molecule has 0 radical (unpaired) electrons. The maximum absolute atomic E-state index is 12.6. The van der Waals surface area contributed by atoms with Crippen LogP contribution in [-0.2, 0) is 61.3 Å². The van der Waals surface area contributed by atoms with Gasteiger partial charge in [-0.1, -0.05) is 13.2 Å². The Kier molecular flexibility index (Phi) is 17.5. The first-order valence-electron chi connectivity index (χ1n) is 10.4. The Labute approximate surface area is 212 Å². The maximum Gasteiger partial charge on any atom is 0.472 e. The van der Waals surface area contributed by atoms with E-state index in [0.717, 1.165) is 36.5 Å². The number of hydrogen-bond donors (Lipinski definition) is 1. The first-order valence-corrected chi connectivity index (χ1v) is 11.9. The van der Waals surface area contributed by atoms with Gasteiger partial charge in [0.25, 0.3) is 0 Å². The molecule has 204 valence electrons. The molecule has 0 aromatic heterocycles. The van der Waals surface area contributed by atoms with E-state index in [-0.39, 0.29) is 26.1 Å². The third-order valence-corrected chi connectivity index (χ3v) is 4.84. The molecule has 14 nitrogen and oxygen atoms in total. The van der Waals surface area contributed by atoms with Crippen LogP contribution in [0.25, 0.3) is 0 Å². The second-order valence-electron chi connectivity index (χ2n) is 6.49. The third kappa shape index (κ3) is 18.3. The topological polar surface area (TPSA) is 195 Å². The number of rotatable bonds is 20. The summed E-state index contributed by atoms with van der Waals surface area (Å²) < 4.78 is 41.9. The second kappa shape index (κ2) is 19.5. The molecule has 2 unspecified atom stereocenters. The van der Waals surface area contributed by atoms with Crippen molar-refractivity contribution >= 4 is 44.3 Å². The van der Waals surface area contributed by atoms with Crippen LogP contribution >= 0.6 is 7.82 Å². The molecule has 0 heterocycles. The molecule has 0 saturated heterocycles. The maximum atomic E-state index is 12.6. The van der Waals surface area contributed by atoms with Crippen molar-refractivity contribution in [3.05, 3.63) is 49.6 Å². The van der Waals surface area contributed by atoms with E-state index in [9.17, 15) is 38.2 Å². The number of carbonyl (C=O) groups excluding carboxylic acids is 6. The van der Waals surface area contributed by atoms with Gasteiger partial charge in [0.15, 0.2) is 0 Å². The zero-order valence-corrected chi connectivity index (χ0v) is 20.5. The van der Waals surface area contributed by atoms with Gasteiger partial charge >= 0.3 is 31.7 Å². The van der Waals surface area contributed by atoms with Gasteiger partial charge in [-0.2, -0.15) is 0 Å². The van der Waals surface area contributed by atoms with Gasteiger partial charge in [0.1, 0.15) is 38.0 Å². The summed E-state index contributed by atoms with van der Waals surface area (Å²) in [4.78, 5) is 76.5. The molecule has 1 N–H and O–H groups in total. The summed E-state index contributed by atoms with van der Waals surface area (Å²) in [6, 6.07) is 0. The van der Waals surface area contributed by atoms with Gasteiger partial charge in [-0.15, -0.1) is 0 Å². The lowest BCUT2D eigenvalue weighted by molar-refractivity contribution is -0.144. The van der Waals surface area contributed by atoms with Crippen LogP contribution in [0.2, 0.25) is 0 Å². The monoisotopic (exact) mass is 546 g/mol. The summed E-state index contributed by atoms with van der Waals surface area (Å²) in [5.74, 6) is -3.50. The predicted molar refractivity (Wildman–Crippen MR) is 123 cm³/mol. The first kappa shape index (κ1) is 33.3. The number of allylic oxidation sites excluding steroid dienone is 2. The van der Waals surface area contributed by atoms with Crippen LogP contribution in [0.5, 0.6) is 0 Å². The highest BCUT2D eigenvalue weighted by Crippen LogP contribution is 2.47. The van der Waals surface area contributed by atoms with Gasteiger partial charge in [-0.05, 0) is 12.2 Å². The molecule has 0 aliphatic carbocycles. The summed E-state index contributed by atoms with van der Waals surface area (Å²) in [7, 11) is -4.96. The van der Waals surface area contributed by atoms with Gasteiger partial charge in [0.05, 0.1) is 13.2 Å². The predicted octanol–water partition coefficient (Wildman–Crippen LogP) is 0.692. The van der Waals surface area contributed by atoms with Gasteiger partial charge in [0.2, 0.25) is 0 Å². The molecule has 0 aliphatic rings. The second-order valence-corrected chi connectivity index (χ2v) is 7.85. The molecule has 0 aromatic rings. The molecule has 0 aromatic carbocycles. The highest BCUT2D eigenvalue weighted by Gasteiger charge is 2.32. The SMILES string of the molecule is C=CC(=O)OCCC(COC(=O)/C=C\C=O)OP(=O)(O)OC(CCOC(=O)C=C)COC(=O)/C=C\C=O. The van der Waals surface area contributed by atoms with E-state index >= 15 is 0 Å². The minimum Gasteiger partial charge on any atom is -0.462 e. The Balaban J connectivity index is 5.36. The fourth-order valence-electron chi connectivity index (χ4n) is 2.12. The van der Waals surface area contributed by atoms with E-state index < -0.39 is 57.1 Å². The molecule has 0 bridgehead atoms. The van der Waals surface area contributed by atoms with Gasteiger partial charge in [-0.3, -0.25) is 18.6 Å². The molecule has 0 saturated carbocycles. The van der Waals surface area contributed by atoms with Crippen LogP contribution in [0.1, 0.15) is 12.8 Å². The van der Waals surface area contributed by atoms with Crippen LogP contribution in [0.4, 0.5) is 0 Å². The quantitative estimate of drug-likeness (QED) is 0.0736. The Hall–Kier alpha value is -3.71. The third-order valence-electron chi connectivity index (χ3n) is 3.71. The standard InChI is InChI=1S/C22H27O14P/c1-3-19(25)31-13-9-17(15-33-21(27)7-5-11-23)35-37(29,30)36-18(10-14-32-20(26)4-2)16-34-22(28)8-6-12-24/h3-8,11-12,17-18H,1-2,9-10,13-16H2,(H,29,30)/b7-5-,8-6-. The molecule has 2 atom stereocenters. The fourth-order valence-corrected chi connectivity index (χ4v) is 3.25. The van der Waals surface area contributed by atoms with Crippen LogP contribution in [-0.4, -0.2) is 80.0 Å². The molecule has 0 aliphatic heterocycles. The average Bonchev–Trinajstić information content (AvgIpc) is 2.86. The van der Waals surface area contributed by atoms with Crippen molar-refractivity contribution in [2.24, 2.45) is 0 Å². The Morgan fingerprint density at radius 3 is 1.41 bits per heavy atom. The summed E-state index contributed by atoms with van der Waals surface area (Å²) in [5.41, 5.74) is 0. The van der Waals surface area contributed by atoms with E-state index in [1.807, 2.05) is 0 Å². The van der Waals surface area contributed by atoms with E-state index in [1.54, 1.807) is 0 Å². The van der Waals surface area contributed by atoms with Crippen molar-refractivity contribution in [3.63, 3.8) is 0 Å². The molecule has 0 fully saturated rings. The molecular formula is C22H27O14P. The van der Waals surface area contributed by atoms with Gasteiger partial charge in [-0.25, -0.2) is 23.7 Å². The van der Waals surface area contributed by atoms with Crippen molar-refractivity contribution in [1.29, 1.82) is 0 Å². The fraction of sp³-hybridized carbons (Fsp3) is 0.364. The molecule has 0 rings (SSSR count). The van der Waals surface area contributed by atoms with E-state index in [2.05, 4.69) is 13.2 Å². The minimum absolute atomic E-state index is 0.231. The zero-order valence-electron chi connectivity index (χ0n) is 19.6. The lowest BCUT2D eigenvalue weighted by Crippen LogP contribution is -2.27. The lowest BCUT2D eigenvalue weighted by Gasteiger charge is -2.24. The van der Waals surface area contributed by atoms with Crippen LogP contribution < -0.4 is 0 Å². The van der Waals surface area contributed by atoms with Crippen LogP contribution in [0.15, 0.2) is 49.6 Å². The molecular weight excluding hydrogens is 519 g/mol. The van der Waals surface area contributed by atoms with Gasteiger partial charge < -0.3 is 23.8 Å². The van der Waals surface area contributed by atoms with Gasteiger partial charge in [0, 0.05) is 37.1 Å². The van der Waals surface area contributed by atoms with Crippen molar-refractivity contribution in [2.45, 2.75) is 25.0 Å². The number of hydrogen-bond acceptors (Lipinski definition) is 13. The minimum atomic E-state index is -4.96. The number of ether oxygens (including phenoxy) is 4. The molecule has 0 spiro atoms.